The molecule has 0 spiro atoms. The van der Waals surface area contributed by atoms with E-state index in [4.69, 9.17) is 0 Å². The normalized spacial score (nSPS) is 12.2. The Morgan fingerprint density at radius 3 is 2.50 bits per heavy atom. The number of rotatable bonds is 3. The Morgan fingerprint density at radius 1 is 1.42 bits per heavy atom. The summed E-state index contributed by atoms with van der Waals surface area (Å²) < 4.78 is 0. The van der Waals surface area contributed by atoms with Crippen LogP contribution in [0.2, 0.25) is 0 Å². The first-order chi connectivity index (χ1) is 5.75. The number of nitroso groups, excluding NO2 is 1. The molecule has 0 saturated carbocycles. The lowest BCUT2D eigenvalue weighted by atomic mass is 10.2. The molecule has 4 heteroatoms. The van der Waals surface area contributed by atoms with Crippen molar-refractivity contribution in [1.29, 1.82) is 0 Å². The third-order valence-corrected chi connectivity index (χ3v) is 1.58. The molecule has 12 heavy (non-hydrogen) atoms. The molecule has 64 valence electrons. The number of aliphatic hydroxyl groups is 1. The van der Waals surface area contributed by atoms with Gasteiger partial charge in [-0.2, -0.15) is 0 Å². The fraction of sp³-hybridized carbons (Fsp3) is 0.250. The van der Waals surface area contributed by atoms with Crippen LogP contribution < -0.4 is 0 Å². The van der Waals surface area contributed by atoms with Gasteiger partial charge in [-0.1, -0.05) is 30.3 Å². The van der Waals surface area contributed by atoms with E-state index in [1.807, 2.05) is 6.07 Å². The SMILES string of the molecule is CN(N=O)C(O)c1ccccc1. The van der Waals surface area contributed by atoms with Crippen molar-refractivity contribution >= 4 is 0 Å². The maximum Gasteiger partial charge on any atom is 0.171 e. The first-order valence-corrected chi connectivity index (χ1v) is 3.55. The second-order valence-corrected chi connectivity index (χ2v) is 2.44. The quantitative estimate of drug-likeness (QED) is 0.418. The predicted molar refractivity (Wildman–Crippen MR) is 45.0 cm³/mol. The molecule has 0 aromatic heterocycles. The first kappa shape index (κ1) is 8.67. The van der Waals surface area contributed by atoms with Gasteiger partial charge in [-0.05, 0) is 0 Å². The van der Waals surface area contributed by atoms with Crippen LogP contribution in [0.3, 0.4) is 0 Å². The number of nitrogens with zero attached hydrogens (tertiary/aromatic N) is 2. The van der Waals surface area contributed by atoms with Crippen molar-refractivity contribution in [2.45, 2.75) is 6.23 Å². The molecular weight excluding hydrogens is 156 g/mol. The molecule has 0 bridgehead atoms. The van der Waals surface area contributed by atoms with Gasteiger partial charge in [0.05, 0.1) is 5.29 Å². The van der Waals surface area contributed by atoms with Crippen LogP contribution in [0.15, 0.2) is 35.6 Å². The van der Waals surface area contributed by atoms with Crippen molar-refractivity contribution in [3.05, 3.63) is 40.8 Å². The molecule has 1 rings (SSSR count). The highest BCUT2D eigenvalue weighted by Gasteiger charge is 2.11. The van der Waals surface area contributed by atoms with E-state index in [-0.39, 0.29) is 0 Å². The molecule has 0 aliphatic carbocycles. The molecule has 0 fully saturated rings. The van der Waals surface area contributed by atoms with Gasteiger partial charge in [-0.25, -0.2) is 5.01 Å². The first-order valence-electron chi connectivity index (χ1n) is 3.55. The summed E-state index contributed by atoms with van der Waals surface area (Å²) in [4.78, 5) is 10.0. The number of benzene rings is 1. The average molecular weight is 166 g/mol. The fourth-order valence-corrected chi connectivity index (χ4v) is 0.886. The topological polar surface area (TPSA) is 52.9 Å². The standard InChI is InChI=1S/C8H10N2O2/c1-10(9-12)8(11)7-5-3-2-4-6-7/h2-6,8,11H,1H3. The van der Waals surface area contributed by atoms with Crippen LogP contribution in [0, 0.1) is 4.91 Å². The van der Waals surface area contributed by atoms with Gasteiger partial charge in [0, 0.05) is 12.6 Å². The summed E-state index contributed by atoms with van der Waals surface area (Å²) >= 11 is 0. The lowest BCUT2D eigenvalue weighted by Gasteiger charge is -2.16. The van der Waals surface area contributed by atoms with Crippen molar-refractivity contribution in [3.8, 4) is 0 Å². The molecule has 1 N–H and O–H groups in total. The molecular formula is C8H10N2O2. The Morgan fingerprint density at radius 2 is 2.00 bits per heavy atom. The third-order valence-electron chi connectivity index (χ3n) is 1.58. The van der Waals surface area contributed by atoms with Crippen LogP contribution in [0.25, 0.3) is 0 Å². The van der Waals surface area contributed by atoms with E-state index in [9.17, 15) is 10.0 Å². The van der Waals surface area contributed by atoms with Crippen molar-refractivity contribution in [1.82, 2.24) is 5.01 Å². The van der Waals surface area contributed by atoms with Crippen molar-refractivity contribution in [2.24, 2.45) is 5.29 Å². The number of hydrogen-bond donors (Lipinski definition) is 1. The minimum Gasteiger partial charge on any atom is -0.368 e. The van der Waals surface area contributed by atoms with E-state index in [1.165, 1.54) is 7.05 Å². The zero-order chi connectivity index (χ0) is 8.97. The molecule has 1 atom stereocenters. The summed E-state index contributed by atoms with van der Waals surface area (Å²) in [5, 5.41) is 13.0. The van der Waals surface area contributed by atoms with Crippen LogP contribution in [0.4, 0.5) is 0 Å². The van der Waals surface area contributed by atoms with E-state index in [0.29, 0.717) is 5.56 Å². The molecule has 1 aromatic rings. The van der Waals surface area contributed by atoms with Crippen LogP contribution in [-0.2, 0) is 0 Å². The van der Waals surface area contributed by atoms with Crippen LogP contribution in [-0.4, -0.2) is 17.2 Å². The lowest BCUT2D eigenvalue weighted by Crippen LogP contribution is -2.17. The van der Waals surface area contributed by atoms with Crippen LogP contribution in [0.5, 0.6) is 0 Å². The minimum atomic E-state index is -0.955. The summed E-state index contributed by atoms with van der Waals surface area (Å²) in [6.07, 6.45) is -0.955. The van der Waals surface area contributed by atoms with Gasteiger partial charge in [0.2, 0.25) is 0 Å². The van der Waals surface area contributed by atoms with Crippen molar-refractivity contribution < 1.29 is 5.11 Å². The van der Waals surface area contributed by atoms with Crippen molar-refractivity contribution in [2.75, 3.05) is 7.05 Å². The van der Waals surface area contributed by atoms with E-state index in [1.54, 1.807) is 24.3 Å². The molecule has 0 heterocycles. The number of hydrogen-bond acceptors (Lipinski definition) is 3. The molecule has 1 unspecified atom stereocenters. The van der Waals surface area contributed by atoms with E-state index in [2.05, 4.69) is 5.29 Å². The molecule has 0 aliphatic heterocycles. The second-order valence-electron chi connectivity index (χ2n) is 2.44. The summed E-state index contributed by atoms with van der Waals surface area (Å²) in [6, 6.07) is 8.87. The monoisotopic (exact) mass is 166 g/mol. The molecule has 1 aromatic carbocycles. The summed E-state index contributed by atoms with van der Waals surface area (Å²) in [7, 11) is 1.42. The van der Waals surface area contributed by atoms with Gasteiger partial charge in [-0.15, -0.1) is 4.91 Å². The molecule has 0 amide bonds. The summed E-state index contributed by atoms with van der Waals surface area (Å²) in [5.41, 5.74) is 0.652. The van der Waals surface area contributed by atoms with Gasteiger partial charge < -0.3 is 5.11 Å². The lowest BCUT2D eigenvalue weighted by molar-refractivity contribution is 0.0212. The molecule has 0 aliphatic rings. The van der Waals surface area contributed by atoms with Gasteiger partial charge in [0.15, 0.2) is 6.23 Å². The highest BCUT2D eigenvalue weighted by Crippen LogP contribution is 2.14. The van der Waals surface area contributed by atoms with E-state index in [0.717, 1.165) is 5.01 Å². The molecule has 0 saturated heterocycles. The maximum absolute atomic E-state index is 10.0. The van der Waals surface area contributed by atoms with Gasteiger partial charge in [-0.3, -0.25) is 0 Å². The van der Waals surface area contributed by atoms with Gasteiger partial charge in [0.1, 0.15) is 0 Å². The largest absolute Gasteiger partial charge is 0.368 e. The van der Waals surface area contributed by atoms with Crippen LogP contribution >= 0.6 is 0 Å². The Labute approximate surface area is 70.4 Å². The van der Waals surface area contributed by atoms with Gasteiger partial charge >= 0.3 is 0 Å². The predicted octanol–water partition coefficient (Wildman–Crippen LogP) is 1.29. The minimum absolute atomic E-state index is 0.652. The highest BCUT2D eigenvalue weighted by atomic mass is 16.3. The maximum atomic E-state index is 10.0. The number of aliphatic hydroxyl groups excluding tert-OH is 1. The zero-order valence-electron chi connectivity index (χ0n) is 6.71. The fourth-order valence-electron chi connectivity index (χ4n) is 0.886. The van der Waals surface area contributed by atoms with E-state index < -0.39 is 6.23 Å². The molecule has 4 nitrogen and oxygen atoms in total. The Hall–Kier alpha value is -1.42. The summed E-state index contributed by atoms with van der Waals surface area (Å²) in [5.74, 6) is 0. The smallest absolute Gasteiger partial charge is 0.171 e. The zero-order valence-corrected chi connectivity index (χ0v) is 6.71. The molecule has 0 radical (unpaired) electrons. The average Bonchev–Trinajstić information content (AvgIpc) is 2.17. The third kappa shape index (κ3) is 1.79. The van der Waals surface area contributed by atoms with Crippen LogP contribution in [0.1, 0.15) is 11.8 Å². The van der Waals surface area contributed by atoms with Crippen molar-refractivity contribution in [3.63, 3.8) is 0 Å². The second kappa shape index (κ2) is 3.82. The Kier molecular flexibility index (Phi) is 2.76. The Bertz CT molecular complexity index is 250. The van der Waals surface area contributed by atoms with Gasteiger partial charge in [0.25, 0.3) is 0 Å². The summed E-state index contributed by atoms with van der Waals surface area (Å²) in [6.45, 7) is 0. The highest BCUT2D eigenvalue weighted by molar-refractivity contribution is 5.16. The Balaban J connectivity index is 2.78. The van der Waals surface area contributed by atoms with E-state index >= 15 is 0 Å².